The van der Waals surface area contributed by atoms with Crippen molar-refractivity contribution in [2.75, 3.05) is 31.1 Å². The largest absolute Gasteiger partial charge is 0.442 e. The van der Waals surface area contributed by atoms with Crippen LogP contribution in [0.15, 0.2) is 30.3 Å². The number of carbonyl (C=O) groups is 2. The van der Waals surface area contributed by atoms with Gasteiger partial charge in [-0.15, -0.1) is 0 Å². The Hall–Kier alpha value is -2.38. The number of aliphatic hydroxyl groups excluding tert-OH is 1. The van der Waals surface area contributed by atoms with E-state index < -0.39 is 6.09 Å². The average Bonchev–Trinajstić information content (AvgIpc) is 3.19. The molecule has 2 aliphatic heterocycles. The monoisotopic (exact) mass is 331 g/mol. The molecule has 1 saturated heterocycles. The number of nitrogens with zero attached hydrogens (tertiary/aromatic N) is 1. The van der Waals surface area contributed by atoms with Gasteiger partial charge in [0, 0.05) is 25.2 Å². The second kappa shape index (κ2) is 7.02. The number of ether oxygens (including phenoxy) is 1. The van der Waals surface area contributed by atoms with E-state index in [9.17, 15) is 9.59 Å². The summed E-state index contributed by atoms with van der Waals surface area (Å²) in [4.78, 5) is 24.5. The maximum Gasteiger partial charge on any atom is 0.414 e. The molecule has 2 heterocycles. The molecule has 0 aliphatic carbocycles. The van der Waals surface area contributed by atoms with E-state index in [0.717, 1.165) is 23.4 Å². The van der Waals surface area contributed by atoms with Crippen LogP contribution in [0.5, 0.6) is 0 Å². The molecule has 2 atom stereocenters. The van der Waals surface area contributed by atoms with Gasteiger partial charge in [0.05, 0.1) is 19.7 Å². The molecule has 7 heteroatoms. The fourth-order valence-corrected chi connectivity index (χ4v) is 2.87. The van der Waals surface area contributed by atoms with Crippen molar-refractivity contribution < 1.29 is 19.4 Å². The summed E-state index contributed by atoms with van der Waals surface area (Å²) in [5.41, 5.74) is 2.96. The van der Waals surface area contributed by atoms with Crippen LogP contribution >= 0.6 is 0 Å². The molecule has 128 valence electrons. The van der Waals surface area contributed by atoms with Crippen LogP contribution in [0.4, 0.5) is 10.5 Å². The normalized spacial score (nSPS) is 23.2. The Labute approximate surface area is 140 Å². The van der Waals surface area contributed by atoms with E-state index in [2.05, 4.69) is 10.6 Å². The van der Waals surface area contributed by atoms with Gasteiger partial charge in [-0.05, 0) is 23.3 Å². The van der Waals surface area contributed by atoms with E-state index in [4.69, 9.17) is 9.84 Å². The van der Waals surface area contributed by atoms with Crippen molar-refractivity contribution in [1.29, 1.82) is 0 Å². The SMILES string of the molecule is CC(=O)NC[C@H]1CN(c2ccc(C3=C[C@@H](CO)NC3)cc2)C(=O)O1. The van der Waals surface area contributed by atoms with Gasteiger partial charge in [-0.2, -0.15) is 0 Å². The number of nitrogens with one attached hydrogen (secondary N) is 2. The number of hydrogen-bond donors (Lipinski definition) is 3. The third kappa shape index (κ3) is 3.58. The second-order valence-corrected chi connectivity index (χ2v) is 5.96. The summed E-state index contributed by atoms with van der Waals surface area (Å²) in [6.07, 6.45) is 1.27. The zero-order valence-corrected chi connectivity index (χ0v) is 13.5. The first-order valence-electron chi connectivity index (χ1n) is 7.95. The summed E-state index contributed by atoms with van der Waals surface area (Å²) in [6, 6.07) is 7.67. The fraction of sp³-hybridized carbons (Fsp3) is 0.412. The number of anilines is 1. The molecule has 7 nitrogen and oxygen atoms in total. The third-order valence-electron chi connectivity index (χ3n) is 4.16. The first kappa shape index (κ1) is 16.5. The van der Waals surface area contributed by atoms with Gasteiger partial charge in [-0.1, -0.05) is 18.2 Å². The smallest absolute Gasteiger partial charge is 0.414 e. The van der Waals surface area contributed by atoms with E-state index in [1.807, 2.05) is 30.3 Å². The topological polar surface area (TPSA) is 90.9 Å². The Kier molecular flexibility index (Phi) is 4.82. The molecule has 2 amide bonds. The summed E-state index contributed by atoms with van der Waals surface area (Å²) in [5, 5.41) is 15.0. The van der Waals surface area contributed by atoms with Gasteiger partial charge in [0.2, 0.25) is 5.91 Å². The second-order valence-electron chi connectivity index (χ2n) is 5.96. The lowest BCUT2D eigenvalue weighted by atomic mass is 10.1. The number of carbonyl (C=O) groups excluding carboxylic acids is 2. The average molecular weight is 331 g/mol. The summed E-state index contributed by atoms with van der Waals surface area (Å²) < 4.78 is 5.26. The number of cyclic esters (lactones) is 1. The molecule has 1 aromatic rings. The summed E-state index contributed by atoms with van der Waals surface area (Å²) in [6.45, 7) is 2.96. The Balaban J connectivity index is 1.65. The first-order valence-corrected chi connectivity index (χ1v) is 7.95. The maximum atomic E-state index is 12.0. The predicted octanol–water partition coefficient (Wildman–Crippen LogP) is 0.495. The summed E-state index contributed by atoms with van der Waals surface area (Å²) >= 11 is 0. The molecule has 1 fully saturated rings. The standard InChI is InChI=1S/C17H21N3O4/c1-11(22)18-8-16-9-20(17(23)24-16)15-4-2-12(3-5-15)13-6-14(10-21)19-7-13/h2-6,14,16,19,21H,7-10H2,1H3,(H,18,22)/t14-,16-/m0/s1. The van der Waals surface area contributed by atoms with Crippen LogP contribution in [0.3, 0.4) is 0 Å². The molecule has 0 unspecified atom stereocenters. The van der Waals surface area contributed by atoms with E-state index in [0.29, 0.717) is 13.1 Å². The van der Waals surface area contributed by atoms with Crippen molar-refractivity contribution in [2.24, 2.45) is 0 Å². The number of benzene rings is 1. The molecule has 0 aromatic heterocycles. The van der Waals surface area contributed by atoms with Crippen LogP contribution in [0.1, 0.15) is 12.5 Å². The van der Waals surface area contributed by atoms with Crippen LogP contribution in [0.2, 0.25) is 0 Å². The van der Waals surface area contributed by atoms with Crippen molar-refractivity contribution in [1.82, 2.24) is 10.6 Å². The van der Waals surface area contributed by atoms with Gasteiger partial charge in [0.1, 0.15) is 6.10 Å². The molecule has 3 N–H and O–H groups in total. The molecular formula is C17H21N3O4. The van der Waals surface area contributed by atoms with Crippen LogP contribution in [0.25, 0.3) is 5.57 Å². The van der Waals surface area contributed by atoms with Gasteiger partial charge in [-0.3, -0.25) is 9.69 Å². The van der Waals surface area contributed by atoms with Crippen LogP contribution < -0.4 is 15.5 Å². The molecule has 1 aromatic carbocycles. The molecule has 24 heavy (non-hydrogen) atoms. The molecule has 0 radical (unpaired) electrons. The highest BCUT2D eigenvalue weighted by molar-refractivity contribution is 5.90. The van der Waals surface area contributed by atoms with Gasteiger partial charge < -0.3 is 20.5 Å². The lowest BCUT2D eigenvalue weighted by Gasteiger charge is -2.14. The molecule has 2 aliphatic rings. The van der Waals surface area contributed by atoms with Gasteiger partial charge >= 0.3 is 6.09 Å². The summed E-state index contributed by atoms with van der Waals surface area (Å²) in [7, 11) is 0. The highest BCUT2D eigenvalue weighted by atomic mass is 16.6. The Bertz CT molecular complexity index is 656. The maximum absolute atomic E-state index is 12.0. The first-order chi connectivity index (χ1) is 11.6. The number of hydrogen-bond acceptors (Lipinski definition) is 5. The highest BCUT2D eigenvalue weighted by Gasteiger charge is 2.32. The minimum Gasteiger partial charge on any atom is -0.442 e. The van der Waals surface area contributed by atoms with Crippen LogP contribution in [0, 0.1) is 0 Å². The van der Waals surface area contributed by atoms with Crippen LogP contribution in [-0.4, -0.2) is 55.5 Å². The van der Waals surface area contributed by atoms with Crippen molar-refractivity contribution in [3.63, 3.8) is 0 Å². The van der Waals surface area contributed by atoms with E-state index in [1.54, 1.807) is 4.90 Å². The molecule has 0 bridgehead atoms. The summed E-state index contributed by atoms with van der Waals surface area (Å²) in [5.74, 6) is -0.145. The molecule has 3 rings (SSSR count). The van der Waals surface area contributed by atoms with Crippen molar-refractivity contribution in [3.05, 3.63) is 35.9 Å². The lowest BCUT2D eigenvalue weighted by molar-refractivity contribution is -0.119. The Morgan fingerprint density at radius 2 is 2.17 bits per heavy atom. The van der Waals surface area contributed by atoms with Gasteiger partial charge in [-0.25, -0.2) is 4.79 Å². The van der Waals surface area contributed by atoms with Crippen molar-refractivity contribution >= 4 is 23.3 Å². The van der Waals surface area contributed by atoms with E-state index in [1.165, 1.54) is 6.92 Å². The molecule has 0 saturated carbocycles. The van der Waals surface area contributed by atoms with Gasteiger partial charge in [0.15, 0.2) is 0 Å². The number of amides is 2. The lowest BCUT2D eigenvalue weighted by Crippen LogP contribution is -2.33. The minimum absolute atomic E-state index is 0.00257. The highest BCUT2D eigenvalue weighted by Crippen LogP contribution is 2.25. The quantitative estimate of drug-likeness (QED) is 0.731. The Morgan fingerprint density at radius 1 is 1.42 bits per heavy atom. The van der Waals surface area contributed by atoms with Gasteiger partial charge in [0.25, 0.3) is 0 Å². The zero-order valence-electron chi connectivity index (χ0n) is 13.5. The predicted molar refractivity (Wildman–Crippen MR) is 89.6 cm³/mol. The molecule has 0 spiro atoms. The minimum atomic E-state index is -0.403. The van der Waals surface area contributed by atoms with Crippen molar-refractivity contribution in [3.8, 4) is 0 Å². The Morgan fingerprint density at radius 3 is 2.79 bits per heavy atom. The number of rotatable bonds is 5. The fourth-order valence-electron chi connectivity index (χ4n) is 2.87. The van der Waals surface area contributed by atoms with E-state index in [-0.39, 0.29) is 24.7 Å². The third-order valence-corrected chi connectivity index (χ3v) is 4.16. The van der Waals surface area contributed by atoms with E-state index >= 15 is 0 Å². The van der Waals surface area contributed by atoms with Crippen molar-refractivity contribution in [2.45, 2.75) is 19.1 Å². The number of aliphatic hydroxyl groups is 1. The zero-order chi connectivity index (χ0) is 17.1. The van der Waals surface area contributed by atoms with Crippen LogP contribution in [-0.2, 0) is 9.53 Å². The molecular weight excluding hydrogens is 310 g/mol.